The molecule has 1 saturated heterocycles. The average Bonchev–Trinajstić information content (AvgIpc) is 2.35. The normalized spacial score (nSPS) is 16.6. The van der Waals surface area contributed by atoms with Gasteiger partial charge >= 0.3 is 0 Å². The van der Waals surface area contributed by atoms with Crippen LogP contribution >= 0.6 is 15.9 Å². The molecular weight excluding hydrogens is 292 g/mol. The molecule has 1 aromatic carbocycles. The van der Waals surface area contributed by atoms with E-state index in [1.807, 2.05) is 25.1 Å². The monoisotopic (exact) mass is 310 g/mol. The lowest BCUT2D eigenvalue weighted by Crippen LogP contribution is -2.30. The molecule has 1 aliphatic heterocycles. The fraction of sp³-hybridized carbons (Fsp3) is 0.500. The Hall–Kier alpha value is -0.870. The zero-order chi connectivity index (χ0) is 13.0. The van der Waals surface area contributed by atoms with Crippen molar-refractivity contribution in [3.63, 3.8) is 0 Å². The highest BCUT2D eigenvalue weighted by Gasteiger charge is 2.17. The summed E-state index contributed by atoms with van der Waals surface area (Å²) >= 11 is 3.43. The first-order valence-corrected chi connectivity index (χ1v) is 7.21. The molecular formula is C14H19BrN2O. The molecule has 0 aliphatic carbocycles. The molecule has 1 fully saturated rings. The summed E-state index contributed by atoms with van der Waals surface area (Å²) in [5.74, 6) is 0.654. The van der Waals surface area contributed by atoms with E-state index in [4.69, 9.17) is 0 Å². The predicted octanol–water partition coefficient (Wildman–Crippen LogP) is 3.09. The van der Waals surface area contributed by atoms with Crippen LogP contribution in [0.25, 0.3) is 0 Å². The van der Waals surface area contributed by atoms with Crippen LogP contribution in [0.1, 0.15) is 24.8 Å². The molecule has 1 aliphatic rings. The lowest BCUT2D eigenvalue weighted by atomic mass is 9.94. The van der Waals surface area contributed by atoms with Crippen LogP contribution in [-0.4, -0.2) is 19.0 Å². The fourth-order valence-electron chi connectivity index (χ4n) is 2.28. The molecule has 0 aromatic heterocycles. The number of rotatable bonds is 3. The van der Waals surface area contributed by atoms with Gasteiger partial charge in [0.15, 0.2) is 0 Å². The highest BCUT2D eigenvalue weighted by Crippen LogP contribution is 2.22. The zero-order valence-corrected chi connectivity index (χ0v) is 12.2. The van der Waals surface area contributed by atoms with Gasteiger partial charge in [-0.3, -0.25) is 4.79 Å². The Kier molecular flexibility index (Phi) is 4.78. The number of halogens is 1. The lowest BCUT2D eigenvalue weighted by molar-refractivity contribution is -0.117. The van der Waals surface area contributed by atoms with Crippen LogP contribution in [0.4, 0.5) is 5.69 Å². The molecule has 0 saturated carbocycles. The van der Waals surface area contributed by atoms with Crippen LogP contribution in [0.5, 0.6) is 0 Å². The summed E-state index contributed by atoms with van der Waals surface area (Å²) in [6, 6.07) is 5.94. The fourth-order valence-corrected chi connectivity index (χ4v) is 2.64. The van der Waals surface area contributed by atoms with Gasteiger partial charge in [0.25, 0.3) is 0 Å². The van der Waals surface area contributed by atoms with E-state index in [2.05, 4.69) is 26.6 Å². The van der Waals surface area contributed by atoms with Gasteiger partial charge in [-0.1, -0.05) is 22.0 Å². The van der Waals surface area contributed by atoms with Gasteiger partial charge in [-0.15, -0.1) is 0 Å². The standard InChI is InChI=1S/C14H19BrN2O/c1-10-2-3-12(15)9-13(10)17-14(18)8-11-4-6-16-7-5-11/h2-3,9,11,16H,4-8H2,1H3,(H,17,18). The van der Waals surface area contributed by atoms with E-state index in [0.29, 0.717) is 12.3 Å². The first kappa shape index (κ1) is 13.6. The Labute approximate surface area is 116 Å². The number of amides is 1. The summed E-state index contributed by atoms with van der Waals surface area (Å²) in [6.45, 7) is 4.08. The Balaban J connectivity index is 1.92. The maximum atomic E-state index is 12.0. The largest absolute Gasteiger partial charge is 0.326 e. The summed E-state index contributed by atoms with van der Waals surface area (Å²) in [4.78, 5) is 12.0. The van der Waals surface area contributed by atoms with Crippen LogP contribution in [0.3, 0.4) is 0 Å². The number of carbonyl (C=O) groups excluding carboxylic acids is 1. The second kappa shape index (κ2) is 6.34. The van der Waals surface area contributed by atoms with Crippen molar-refractivity contribution in [2.75, 3.05) is 18.4 Å². The van der Waals surface area contributed by atoms with Gasteiger partial charge in [0, 0.05) is 16.6 Å². The van der Waals surface area contributed by atoms with Gasteiger partial charge in [-0.05, 0) is 56.5 Å². The number of aryl methyl sites for hydroxylation is 1. The van der Waals surface area contributed by atoms with Crippen molar-refractivity contribution < 1.29 is 4.79 Å². The maximum absolute atomic E-state index is 12.0. The van der Waals surface area contributed by atoms with Crippen molar-refractivity contribution >= 4 is 27.5 Å². The van der Waals surface area contributed by atoms with Crippen molar-refractivity contribution in [2.24, 2.45) is 5.92 Å². The molecule has 2 N–H and O–H groups in total. The molecule has 0 spiro atoms. The molecule has 18 heavy (non-hydrogen) atoms. The SMILES string of the molecule is Cc1ccc(Br)cc1NC(=O)CC1CCNCC1. The second-order valence-electron chi connectivity index (χ2n) is 4.90. The quantitative estimate of drug-likeness (QED) is 0.901. The van der Waals surface area contributed by atoms with Crippen molar-refractivity contribution in [3.05, 3.63) is 28.2 Å². The number of hydrogen-bond acceptors (Lipinski definition) is 2. The molecule has 0 radical (unpaired) electrons. The van der Waals surface area contributed by atoms with Crippen LogP contribution < -0.4 is 10.6 Å². The number of hydrogen-bond donors (Lipinski definition) is 2. The Morgan fingerprint density at radius 2 is 2.17 bits per heavy atom. The van der Waals surface area contributed by atoms with Crippen LogP contribution in [0, 0.1) is 12.8 Å². The minimum atomic E-state index is 0.128. The third kappa shape index (κ3) is 3.82. The van der Waals surface area contributed by atoms with Gasteiger partial charge in [0.2, 0.25) is 5.91 Å². The van der Waals surface area contributed by atoms with Crippen molar-refractivity contribution in [2.45, 2.75) is 26.2 Å². The molecule has 0 unspecified atom stereocenters. The summed E-state index contributed by atoms with van der Waals surface area (Å²) in [6.07, 6.45) is 2.84. The highest BCUT2D eigenvalue weighted by molar-refractivity contribution is 9.10. The van der Waals surface area contributed by atoms with Crippen molar-refractivity contribution in [1.29, 1.82) is 0 Å². The molecule has 0 bridgehead atoms. The molecule has 2 rings (SSSR count). The first-order valence-electron chi connectivity index (χ1n) is 6.42. The molecule has 1 aromatic rings. The van der Waals surface area contributed by atoms with Crippen molar-refractivity contribution in [3.8, 4) is 0 Å². The molecule has 4 heteroatoms. The summed E-state index contributed by atoms with van der Waals surface area (Å²) in [5, 5.41) is 6.33. The smallest absolute Gasteiger partial charge is 0.224 e. The number of nitrogens with one attached hydrogen (secondary N) is 2. The minimum absolute atomic E-state index is 0.128. The van der Waals surface area contributed by atoms with Gasteiger partial charge in [-0.2, -0.15) is 0 Å². The van der Waals surface area contributed by atoms with E-state index in [1.54, 1.807) is 0 Å². The van der Waals surface area contributed by atoms with Gasteiger partial charge in [0.1, 0.15) is 0 Å². The third-order valence-electron chi connectivity index (χ3n) is 3.41. The van der Waals surface area contributed by atoms with E-state index >= 15 is 0 Å². The summed E-state index contributed by atoms with van der Waals surface area (Å²) < 4.78 is 0.991. The Bertz CT molecular complexity index is 428. The Morgan fingerprint density at radius 1 is 1.44 bits per heavy atom. The highest BCUT2D eigenvalue weighted by atomic mass is 79.9. The van der Waals surface area contributed by atoms with Crippen LogP contribution in [0.2, 0.25) is 0 Å². The van der Waals surface area contributed by atoms with Gasteiger partial charge in [0.05, 0.1) is 0 Å². The lowest BCUT2D eigenvalue weighted by Gasteiger charge is -2.22. The molecule has 3 nitrogen and oxygen atoms in total. The topological polar surface area (TPSA) is 41.1 Å². The van der Waals surface area contributed by atoms with Gasteiger partial charge in [-0.25, -0.2) is 0 Å². The molecule has 1 heterocycles. The zero-order valence-electron chi connectivity index (χ0n) is 10.6. The first-order chi connectivity index (χ1) is 8.65. The number of anilines is 1. The van der Waals surface area contributed by atoms with E-state index in [9.17, 15) is 4.79 Å². The number of piperidine rings is 1. The number of carbonyl (C=O) groups is 1. The van der Waals surface area contributed by atoms with Crippen LogP contribution in [0.15, 0.2) is 22.7 Å². The minimum Gasteiger partial charge on any atom is -0.326 e. The van der Waals surface area contributed by atoms with Crippen molar-refractivity contribution in [1.82, 2.24) is 5.32 Å². The van der Waals surface area contributed by atoms with E-state index < -0.39 is 0 Å². The summed E-state index contributed by atoms with van der Waals surface area (Å²) in [5.41, 5.74) is 2.00. The second-order valence-corrected chi connectivity index (χ2v) is 5.82. The van der Waals surface area contributed by atoms with E-state index in [0.717, 1.165) is 41.7 Å². The Morgan fingerprint density at radius 3 is 2.89 bits per heavy atom. The molecule has 98 valence electrons. The third-order valence-corrected chi connectivity index (χ3v) is 3.90. The van der Waals surface area contributed by atoms with E-state index in [1.165, 1.54) is 0 Å². The van der Waals surface area contributed by atoms with Gasteiger partial charge < -0.3 is 10.6 Å². The predicted molar refractivity (Wildman–Crippen MR) is 77.7 cm³/mol. The molecule has 1 amide bonds. The van der Waals surface area contributed by atoms with Crippen LogP contribution in [-0.2, 0) is 4.79 Å². The maximum Gasteiger partial charge on any atom is 0.224 e. The number of benzene rings is 1. The molecule has 0 atom stereocenters. The summed E-state index contributed by atoms with van der Waals surface area (Å²) in [7, 11) is 0. The average molecular weight is 311 g/mol. The van der Waals surface area contributed by atoms with E-state index in [-0.39, 0.29) is 5.91 Å².